The first-order valence-electron chi connectivity index (χ1n) is 13.0. The average Bonchev–Trinajstić information content (AvgIpc) is 2.95. The predicted molar refractivity (Wildman–Crippen MR) is 144 cm³/mol. The number of carbonyl (C=O) groups is 1. The van der Waals surface area contributed by atoms with Crippen molar-refractivity contribution in [3.63, 3.8) is 0 Å². The Kier molecular flexibility index (Phi) is 9.34. The number of likely N-dealkylation sites (N-methyl/N-ethyl adjacent to an activating group) is 1. The quantitative estimate of drug-likeness (QED) is 0.326. The molecule has 1 fully saturated rings. The van der Waals surface area contributed by atoms with Crippen molar-refractivity contribution in [1.29, 1.82) is 0 Å². The summed E-state index contributed by atoms with van der Waals surface area (Å²) in [4.78, 5) is 42.2. The van der Waals surface area contributed by atoms with Gasteiger partial charge in [0.25, 0.3) is 5.56 Å². The monoisotopic (exact) mass is 544 g/mol. The van der Waals surface area contributed by atoms with E-state index in [1.807, 2.05) is 19.0 Å². The van der Waals surface area contributed by atoms with Crippen LogP contribution in [0.15, 0.2) is 52.1 Å². The lowest BCUT2D eigenvalue weighted by molar-refractivity contribution is -0.119. The minimum atomic E-state index is -1.28. The Morgan fingerprint density at radius 3 is 2.31 bits per heavy atom. The number of amides is 1. The van der Waals surface area contributed by atoms with E-state index in [4.69, 9.17) is 9.47 Å². The number of likely N-dealkylation sites (tertiary alicyclic amines) is 1. The fourth-order valence-corrected chi connectivity index (χ4v) is 4.69. The first-order valence-corrected chi connectivity index (χ1v) is 13.0. The van der Waals surface area contributed by atoms with Crippen LogP contribution in [-0.4, -0.2) is 85.1 Å². The molecular formula is C28H34F2N4O5. The molecule has 1 aliphatic heterocycles. The van der Waals surface area contributed by atoms with Gasteiger partial charge in [0, 0.05) is 25.7 Å². The summed E-state index contributed by atoms with van der Waals surface area (Å²) < 4.78 is 40.1. The molecule has 0 bridgehead atoms. The van der Waals surface area contributed by atoms with E-state index in [-0.39, 0.29) is 23.7 Å². The molecule has 3 aromatic rings. The van der Waals surface area contributed by atoms with E-state index in [0.717, 1.165) is 18.5 Å². The van der Waals surface area contributed by atoms with Gasteiger partial charge in [0.2, 0.25) is 6.41 Å². The minimum absolute atomic E-state index is 0.0292. The first-order chi connectivity index (χ1) is 18.8. The fourth-order valence-electron chi connectivity index (χ4n) is 4.69. The summed E-state index contributed by atoms with van der Waals surface area (Å²) in [5.41, 5.74) is 0.172. The van der Waals surface area contributed by atoms with E-state index < -0.39 is 30.7 Å². The summed E-state index contributed by atoms with van der Waals surface area (Å²) in [7, 11) is 3.92. The van der Waals surface area contributed by atoms with Crippen molar-refractivity contribution in [3.8, 4) is 11.5 Å². The highest BCUT2D eigenvalue weighted by Crippen LogP contribution is 2.26. The topological polar surface area (TPSA) is 86.0 Å². The summed E-state index contributed by atoms with van der Waals surface area (Å²) in [6, 6.07) is 11.5. The standard InChI is InChI=1S/C28H34F2N4O5/c1-31(2)13-14-38-22-5-3-20(4-6-22)18-33-27(36)25-15-23(39-24(16-29)17-30)7-8-26(25)34(28(33)37)21-9-11-32(19-35)12-10-21/h3-8,15,19,21,24H,9-14,16-18H2,1-2H3. The second kappa shape index (κ2) is 12.9. The van der Waals surface area contributed by atoms with E-state index in [1.54, 1.807) is 39.8 Å². The van der Waals surface area contributed by atoms with Gasteiger partial charge in [-0.05, 0) is 62.8 Å². The predicted octanol–water partition coefficient (Wildman–Crippen LogP) is 2.63. The third kappa shape index (κ3) is 6.65. The number of piperidine rings is 1. The molecular weight excluding hydrogens is 510 g/mol. The molecule has 0 aliphatic carbocycles. The molecule has 0 atom stereocenters. The van der Waals surface area contributed by atoms with E-state index >= 15 is 0 Å². The molecule has 1 aromatic heterocycles. The maximum Gasteiger partial charge on any atom is 0.332 e. The van der Waals surface area contributed by atoms with Crippen LogP contribution in [0.2, 0.25) is 0 Å². The van der Waals surface area contributed by atoms with Crippen molar-refractivity contribution in [3.05, 3.63) is 68.9 Å². The van der Waals surface area contributed by atoms with Crippen molar-refractivity contribution in [2.24, 2.45) is 0 Å². The van der Waals surface area contributed by atoms with Gasteiger partial charge in [-0.25, -0.2) is 13.6 Å². The maximum atomic E-state index is 13.8. The molecule has 0 N–H and O–H groups in total. The highest BCUT2D eigenvalue weighted by Gasteiger charge is 2.25. The number of hydrogen-bond donors (Lipinski definition) is 0. The molecule has 11 heteroatoms. The van der Waals surface area contributed by atoms with Crippen LogP contribution in [0.3, 0.4) is 0 Å². The molecule has 1 amide bonds. The van der Waals surface area contributed by atoms with Crippen LogP contribution in [-0.2, 0) is 11.3 Å². The van der Waals surface area contributed by atoms with Gasteiger partial charge in [0.05, 0.1) is 17.4 Å². The van der Waals surface area contributed by atoms with Gasteiger partial charge in [0.1, 0.15) is 31.5 Å². The van der Waals surface area contributed by atoms with Gasteiger partial charge in [-0.1, -0.05) is 12.1 Å². The van der Waals surface area contributed by atoms with Gasteiger partial charge >= 0.3 is 5.69 Å². The number of alkyl halides is 2. The molecule has 0 saturated carbocycles. The molecule has 1 aliphatic rings. The maximum absolute atomic E-state index is 13.8. The van der Waals surface area contributed by atoms with Crippen LogP contribution in [0, 0.1) is 0 Å². The molecule has 1 saturated heterocycles. The summed E-state index contributed by atoms with van der Waals surface area (Å²) in [6.45, 7) is 0.286. The molecule has 0 radical (unpaired) electrons. The Morgan fingerprint density at radius 2 is 1.69 bits per heavy atom. The SMILES string of the molecule is CN(C)CCOc1ccc(Cn2c(=O)c3cc(OC(CF)CF)ccc3n(C3CCN(C=O)CC3)c2=O)cc1. The van der Waals surface area contributed by atoms with Crippen LogP contribution < -0.4 is 20.7 Å². The first kappa shape index (κ1) is 28.3. The van der Waals surface area contributed by atoms with Gasteiger partial charge in [-0.15, -0.1) is 0 Å². The Labute approximate surface area is 225 Å². The number of aromatic nitrogens is 2. The Morgan fingerprint density at radius 1 is 1.03 bits per heavy atom. The zero-order chi connectivity index (χ0) is 27.9. The van der Waals surface area contributed by atoms with Crippen molar-refractivity contribution in [2.75, 3.05) is 53.7 Å². The number of rotatable bonds is 12. The lowest BCUT2D eigenvalue weighted by Gasteiger charge is -2.31. The van der Waals surface area contributed by atoms with Crippen LogP contribution in [0.1, 0.15) is 24.4 Å². The zero-order valence-corrected chi connectivity index (χ0v) is 22.2. The van der Waals surface area contributed by atoms with Gasteiger partial charge < -0.3 is 19.3 Å². The van der Waals surface area contributed by atoms with Crippen molar-refractivity contribution < 1.29 is 23.0 Å². The molecule has 2 aromatic carbocycles. The van der Waals surface area contributed by atoms with E-state index in [1.165, 1.54) is 16.7 Å². The van der Waals surface area contributed by atoms with Gasteiger partial charge in [-0.2, -0.15) is 0 Å². The normalized spacial score (nSPS) is 14.4. The third-order valence-electron chi connectivity index (χ3n) is 6.87. The number of benzene rings is 2. The third-order valence-corrected chi connectivity index (χ3v) is 6.87. The lowest BCUT2D eigenvalue weighted by Crippen LogP contribution is -2.44. The van der Waals surface area contributed by atoms with Gasteiger partial charge in [-0.3, -0.25) is 18.7 Å². The molecule has 0 spiro atoms. The molecule has 9 nitrogen and oxygen atoms in total. The Hall–Kier alpha value is -3.73. The number of hydrogen-bond acceptors (Lipinski definition) is 6. The second-order valence-electron chi connectivity index (χ2n) is 9.94. The summed E-state index contributed by atoms with van der Waals surface area (Å²) in [5.74, 6) is 0.828. The van der Waals surface area contributed by atoms with Crippen LogP contribution >= 0.6 is 0 Å². The second-order valence-corrected chi connectivity index (χ2v) is 9.94. The van der Waals surface area contributed by atoms with Crippen molar-refractivity contribution >= 4 is 17.3 Å². The number of carbonyl (C=O) groups excluding carboxylic acids is 1. The highest BCUT2D eigenvalue weighted by atomic mass is 19.1. The number of ether oxygens (including phenoxy) is 2. The summed E-state index contributed by atoms with van der Waals surface area (Å²) in [6.07, 6.45) is 0.618. The Balaban J connectivity index is 1.72. The molecule has 210 valence electrons. The smallest absolute Gasteiger partial charge is 0.332 e. The highest BCUT2D eigenvalue weighted by molar-refractivity contribution is 5.80. The zero-order valence-electron chi connectivity index (χ0n) is 22.2. The molecule has 0 unspecified atom stereocenters. The van der Waals surface area contributed by atoms with E-state index in [2.05, 4.69) is 0 Å². The minimum Gasteiger partial charge on any atom is -0.492 e. The summed E-state index contributed by atoms with van der Waals surface area (Å²) >= 11 is 0. The molecule has 39 heavy (non-hydrogen) atoms. The van der Waals surface area contributed by atoms with Crippen LogP contribution in [0.5, 0.6) is 11.5 Å². The Bertz CT molecular complexity index is 1380. The number of nitrogens with zero attached hydrogens (tertiary/aromatic N) is 4. The average molecular weight is 545 g/mol. The van der Waals surface area contributed by atoms with Crippen molar-refractivity contribution in [1.82, 2.24) is 18.9 Å². The molecule has 2 heterocycles. The number of fused-ring (bicyclic) bond motifs is 1. The van der Waals surface area contributed by atoms with E-state index in [0.29, 0.717) is 43.8 Å². The summed E-state index contributed by atoms with van der Waals surface area (Å²) in [5, 5.41) is 0.213. The largest absolute Gasteiger partial charge is 0.492 e. The fraction of sp³-hybridized carbons (Fsp3) is 0.464. The van der Waals surface area contributed by atoms with Crippen molar-refractivity contribution in [2.45, 2.75) is 31.5 Å². The van der Waals surface area contributed by atoms with Gasteiger partial charge in [0.15, 0.2) is 6.10 Å². The lowest BCUT2D eigenvalue weighted by atomic mass is 10.0. The van der Waals surface area contributed by atoms with E-state index in [9.17, 15) is 23.2 Å². The van der Waals surface area contributed by atoms with Crippen LogP contribution in [0.25, 0.3) is 10.9 Å². The van der Waals surface area contributed by atoms with Crippen LogP contribution in [0.4, 0.5) is 8.78 Å². The molecule has 4 rings (SSSR count). The number of halogens is 2.